The molecule has 0 amide bonds. The van der Waals surface area contributed by atoms with E-state index in [1.54, 1.807) is 0 Å². The first-order valence-corrected chi connectivity index (χ1v) is 16.7. The first-order chi connectivity index (χ1) is 25.2. The summed E-state index contributed by atoms with van der Waals surface area (Å²) in [6.07, 6.45) is 0. The number of hydrogen-bond acceptors (Lipinski definition) is 7. The SMILES string of the molecule is c1ccc(-c2nc(-c3ccc4ccc5oc6ccc7oc(-c8ccccc8)nc7c6c5c4c3)nc(-c3cccc4c3oc3ccccc34)n2)cc1. The Kier molecular flexibility index (Phi) is 5.83. The highest BCUT2D eigenvalue weighted by atomic mass is 16.4. The largest absolute Gasteiger partial charge is 0.456 e. The fourth-order valence-corrected chi connectivity index (χ4v) is 7.17. The molecule has 0 radical (unpaired) electrons. The summed E-state index contributed by atoms with van der Waals surface area (Å²) in [4.78, 5) is 20.1. The minimum absolute atomic E-state index is 0.535. The van der Waals surface area contributed by atoms with Crippen LogP contribution in [0, 0.1) is 0 Å². The topological polar surface area (TPSA) is 91.0 Å². The third kappa shape index (κ3) is 4.31. The zero-order valence-electron chi connectivity index (χ0n) is 26.9. The van der Waals surface area contributed by atoms with E-state index in [1.807, 2.05) is 109 Å². The van der Waals surface area contributed by atoms with Crippen LogP contribution in [-0.2, 0) is 0 Å². The van der Waals surface area contributed by atoms with E-state index in [4.69, 9.17) is 33.2 Å². The van der Waals surface area contributed by atoms with Crippen molar-refractivity contribution in [2.75, 3.05) is 0 Å². The first-order valence-electron chi connectivity index (χ1n) is 16.7. The van der Waals surface area contributed by atoms with Crippen LogP contribution < -0.4 is 0 Å². The maximum Gasteiger partial charge on any atom is 0.227 e. The van der Waals surface area contributed by atoms with Crippen LogP contribution in [0.3, 0.4) is 0 Å². The second kappa shape index (κ2) is 10.7. The molecule has 0 fully saturated rings. The summed E-state index contributed by atoms with van der Waals surface area (Å²) in [5.41, 5.74) is 8.00. The monoisotopic (exact) mass is 656 g/mol. The molecule has 4 heterocycles. The molecule has 51 heavy (non-hydrogen) atoms. The predicted octanol–water partition coefficient (Wildman–Crippen LogP) is 11.6. The lowest BCUT2D eigenvalue weighted by molar-refractivity contribution is 0.619. The van der Waals surface area contributed by atoms with Crippen LogP contribution in [-0.4, -0.2) is 19.9 Å². The van der Waals surface area contributed by atoms with Crippen LogP contribution in [0.25, 0.3) is 111 Å². The molecule has 0 N–H and O–H groups in total. The molecule has 7 nitrogen and oxygen atoms in total. The van der Waals surface area contributed by atoms with Crippen molar-refractivity contribution in [3.63, 3.8) is 0 Å². The van der Waals surface area contributed by atoms with E-state index in [0.29, 0.717) is 28.9 Å². The number of furan rings is 2. The van der Waals surface area contributed by atoms with Gasteiger partial charge in [-0.05, 0) is 59.3 Å². The molecule has 11 aromatic rings. The van der Waals surface area contributed by atoms with E-state index in [0.717, 1.165) is 82.4 Å². The Hall–Kier alpha value is -7.12. The van der Waals surface area contributed by atoms with Gasteiger partial charge in [-0.15, -0.1) is 0 Å². The van der Waals surface area contributed by atoms with Gasteiger partial charge in [0.15, 0.2) is 23.1 Å². The Bertz CT molecular complexity index is 3140. The lowest BCUT2D eigenvalue weighted by atomic mass is 10.0. The second-order valence-corrected chi connectivity index (χ2v) is 12.6. The molecule has 4 aromatic heterocycles. The van der Waals surface area contributed by atoms with Crippen molar-refractivity contribution < 1.29 is 13.3 Å². The molecule has 0 saturated heterocycles. The minimum atomic E-state index is 0.535. The highest BCUT2D eigenvalue weighted by Gasteiger charge is 2.21. The number of hydrogen-bond donors (Lipinski definition) is 0. The van der Waals surface area contributed by atoms with Crippen molar-refractivity contribution in [2.24, 2.45) is 0 Å². The first kappa shape index (κ1) is 27.8. The van der Waals surface area contributed by atoms with Crippen LogP contribution in [0.15, 0.2) is 159 Å². The van der Waals surface area contributed by atoms with E-state index in [2.05, 4.69) is 36.4 Å². The fourth-order valence-electron chi connectivity index (χ4n) is 7.17. The number of oxazole rings is 1. The van der Waals surface area contributed by atoms with Gasteiger partial charge in [0.1, 0.15) is 27.8 Å². The number of aromatic nitrogens is 4. The van der Waals surface area contributed by atoms with Crippen molar-refractivity contribution in [1.82, 2.24) is 19.9 Å². The van der Waals surface area contributed by atoms with E-state index in [9.17, 15) is 0 Å². The Morgan fingerprint density at radius 1 is 0.373 bits per heavy atom. The van der Waals surface area contributed by atoms with Crippen molar-refractivity contribution >= 4 is 65.7 Å². The molecule has 11 rings (SSSR count). The molecule has 0 bridgehead atoms. The van der Waals surface area contributed by atoms with Gasteiger partial charge < -0.3 is 13.3 Å². The summed E-state index contributed by atoms with van der Waals surface area (Å²) in [5, 5.41) is 6.00. The third-order valence-corrected chi connectivity index (χ3v) is 9.57. The maximum absolute atomic E-state index is 6.42. The fraction of sp³-hybridized carbons (Fsp3) is 0. The molecule has 0 aliphatic carbocycles. The van der Waals surface area contributed by atoms with Crippen LogP contribution in [0.1, 0.15) is 0 Å². The average Bonchev–Trinajstić information content (AvgIpc) is 3.91. The zero-order valence-corrected chi connectivity index (χ0v) is 26.9. The Morgan fingerprint density at radius 3 is 1.90 bits per heavy atom. The van der Waals surface area contributed by atoms with Crippen LogP contribution >= 0.6 is 0 Å². The quantitative estimate of drug-likeness (QED) is 0.186. The normalized spacial score (nSPS) is 11.9. The Morgan fingerprint density at radius 2 is 1.04 bits per heavy atom. The molecule has 0 spiro atoms. The van der Waals surface area contributed by atoms with E-state index in [1.165, 1.54) is 0 Å². The summed E-state index contributed by atoms with van der Waals surface area (Å²) in [7, 11) is 0. The average molecular weight is 657 g/mol. The van der Waals surface area contributed by atoms with Gasteiger partial charge in [0, 0.05) is 32.8 Å². The zero-order chi connectivity index (χ0) is 33.5. The van der Waals surface area contributed by atoms with Crippen molar-refractivity contribution in [2.45, 2.75) is 0 Å². The minimum Gasteiger partial charge on any atom is -0.456 e. The van der Waals surface area contributed by atoms with Gasteiger partial charge in [-0.2, -0.15) is 0 Å². The number of nitrogens with zero attached hydrogens (tertiary/aromatic N) is 4. The Balaban J connectivity index is 1.15. The molecule has 238 valence electrons. The van der Waals surface area contributed by atoms with Gasteiger partial charge in [0.05, 0.1) is 10.9 Å². The number of rotatable bonds is 4. The number of para-hydroxylation sites is 2. The summed E-state index contributed by atoms with van der Waals surface area (Å²) in [5.74, 6) is 2.23. The van der Waals surface area contributed by atoms with Gasteiger partial charge >= 0.3 is 0 Å². The van der Waals surface area contributed by atoms with Crippen LogP contribution in [0.2, 0.25) is 0 Å². The lowest BCUT2D eigenvalue weighted by Crippen LogP contribution is -2.00. The number of fused-ring (bicyclic) bond motifs is 10. The summed E-state index contributed by atoms with van der Waals surface area (Å²) >= 11 is 0. The maximum atomic E-state index is 6.42. The molecular formula is C44H24N4O3. The molecule has 7 heteroatoms. The van der Waals surface area contributed by atoms with Gasteiger partial charge in [-0.3, -0.25) is 0 Å². The van der Waals surface area contributed by atoms with Gasteiger partial charge in [-0.1, -0.05) is 97.1 Å². The molecule has 0 unspecified atom stereocenters. The van der Waals surface area contributed by atoms with E-state index >= 15 is 0 Å². The van der Waals surface area contributed by atoms with Gasteiger partial charge in [0.25, 0.3) is 0 Å². The predicted molar refractivity (Wildman–Crippen MR) is 201 cm³/mol. The summed E-state index contributed by atoms with van der Waals surface area (Å²) in [6.45, 7) is 0. The molecule has 7 aromatic carbocycles. The second-order valence-electron chi connectivity index (χ2n) is 12.6. The third-order valence-electron chi connectivity index (χ3n) is 9.57. The molecule has 0 aliphatic heterocycles. The van der Waals surface area contributed by atoms with E-state index < -0.39 is 0 Å². The van der Waals surface area contributed by atoms with Crippen molar-refractivity contribution in [1.29, 1.82) is 0 Å². The van der Waals surface area contributed by atoms with Gasteiger partial charge in [0.2, 0.25) is 5.89 Å². The molecule has 0 atom stereocenters. The number of benzene rings is 7. The molecule has 0 saturated carbocycles. The Labute approximate surface area is 289 Å². The standard InChI is InChI=1S/C44H24N4O3/c1-3-10-26(11-4-1)41-46-42(48-43(47-41)31-16-9-15-30-29-14-7-8-17-33(29)50-40(30)31)28-19-18-25-20-21-34-37(32(25)24-28)38-35(49-34)22-23-36-39(38)45-44(51-36)27-12-5-2-6-13-27/h1-24H. The smallest absolute Gasteiger partial charge is 0.227 e. The van der Waals surface area contributed by atoms with E-state index in [-0.39, 0.29) is 0 Å². The van der Waals surface area contributed by atoms with Crippen molar-refractivity contribution in [3.05, 3.63) is 146 Å². The van der Waals surface area contributed by atoms with Crippen molar-refractivity contribution in [3.8, 4) is 45.6 Å². The molecule has 0 aliphatic rings. The van der Waals surface area contributed by atoms with Gasteiger partial charge in [-0.25, -0.2) is 19.9 Å². The lowest BCUT2D eigenvalue weighted by Gasteiger charge is -2.10. The highest BCUT2D eigenvalue weighted by molar-refractivity contribution is 6.25. The highest BCUT2D eigenvalue weighted by Crippen LogP contribution is 2.41. The van der Waals surface area contributed by atoms with Crippen LogP contribution in [0.5, 0.6) is 0 Å². The van der Waals surface area contributed by atoms with Crippen LogP contribution in [0.4, 0.5) is 0 Å². The summed E-state index contributed by atoms with van der Waals surface area (Å²) in [6, 6.07) is 48.4. The molecular weight excluding hydrogens is 633 g/mol. The summed E-state index contributed by atoms with van der Waals surface area (Å²) < 4.78 is 19.1.